The van der Waals surface area contributed by atoms with Crippen molar-refractivity contribution in [1.29, 1.82) is 0 Å². The van der Waals surface area contributed by atoms with Gasteiger partial charge in [0.15, 0.2) is 5.43 Å². The molecule has 0 spiro atoms. The maximum atomic E-state index is 12.4. The minimum absolute atomic E-state index is 0.0862. The minimum atomic E-state index is 0.0862. The molecular formula is C15H10N2O. The lowest BCUT2D eigenvalue weighted by Gasteiger charge is -1.98. The van der Waals surface area contributed by atoms with E-state index < -0.39 is 0 Å². The molecule has 3 heteroatoms. The van der Waals surface area contributed by atoms with Crippen LogP contribution in [0.5, 0.6) is 0 Å². The molecule has 1 aromatic carbocycles. The molecule has 3 nitrogen and oxygen atoms in total. The number of aromatic amines is 1. The van der Waals surface area contributed by atoms with Gasteiger partial charge >= 0.3 is 0 Å². The molecule has 4 aromatic rings. The van der Waals surface area contributed by atoms with E-state index in [0.29, 0.717) is 0 Å². The van der Waals surface area contributed by atoms with E-state index in [2.05, 4.69) is 4.98 Å². The fourth-order valence-corrected chi connectivity index (χ4v) is 2.50. The van der Waals surface area contributed by atoms with E-state index in [4.69, 9.17) is 0 Å². The summed E-state index contributed by atoms with van der Waals surface area (Å²) in [7, 11) is 0. The second-order valence-electron chi connectivity index (χ2n) is 4.41. The Hall–Kier alpha value is -2.55. The van der Waals surface area contributed by atoms with Crippen LogP contribution in [0.3, 0.4) is 0 Å². The van der Waals surface area contributed by atoms with E-state index in [1.54, 1.807) is 0 Å². The Morgan fingerprint density at radius 1 is 0.944 bits per heavy atom. The summed E-state index contributed by atoms with van der Waals surface area (Å²) in [6.07, 6.45) is 3.84. The largest absolute Gasteiger partial charge is 0.353 e. The number of hydrogen-bond donors (Lipinski definition) is 1. The molecule has 3 aromatic heterocycles. The summed E-state index contributed by atoms with van der Waals surface area (Å²) in [5.74, 6) is 0. The van der Waals surface area contributed by atoms with Crippen LogP contribution in [0.15, 0.2) is 59.7 Å². The summed E-state index contributed by atoms with van der Waals surface area (Å²) >= 11 is 0. The average Bonchev–Trinajstić information content (AvgIpc) is 2.79. The molecule has 0 aliphatic carbocycles. The van der Waals surface area contributed by atoms with E-state index in [1.165, 1.54) is 0 Å². The number of rotatable bonds is 0. The highest BCUT2D eigenvalue weighted by Gasteiger charge is 2.09. The summed E-state index contributed by atoms with van der Waals surface area (Å²) in [6.45, 7) is 0. The zero-order chi connectivity index (χ0) is 12.1. The van der Waals surface area contributed by atoms with Crippen LogP contribution in [0.2, 0.25) is 0 Å². The molecule has 0 aliphatic heterocycles. The maximum absolute atomic E-state index is 12.4. The first-order valence-electron chi connectivity index (χ1n) is 5.85. The molecule has 0 saturated heterocycles. The van der Waals surface area contributed by atoms with Crippen LogP contribution in [0.4, 0.5) is 0 Å². The predicted octanol–water partition coefficient (Wildman–Crippen LogP) is 2.93. The molecule has 0 radical (unpaired) electrons. The number of hydrogen-bond acceptors (Lipinski definition) is 1. The second kappa shape index (κ2) is 3.23. The smallest absolute Gasteiger partial charge is 0.198 e. The van der Waals surface area contributed by atoms with Gasteiger partial charge in [-0.15, -0.1) is 0 Å². The van der Waals surface area contributed by atoms with Crippen molar-refractivity contribution in [3.05, 3.63) is 65.1 Å². The fourth-order valence-electron chi connectivity index (χ4n) is 2.50. The molecule has 0 saturated carbocycles. The zero-order valence-electron chi connectivity index (χ0n) is 9.55. The number of pyridine rings is 2. The van der Waals surface area contributed by atoms with Crippen molar-refractivity contribution in [2.75, 3.05) is 0 Å². The van der Waals surface area contributed by atoms with Gasteiger partial charge in [0, 0.05) is 23.3 Å². The second-order valence-corrected chi connectivity index (χ2v) is 4.41. The van der Waals surface area contributed by atoms with Crippen LogP contribution >= 0.6 is 0 Å². The van der Waals surface area contributed by atoms with E-state index in [-0.39, 0.29) is 5.43 Å². The molecule has 0 fully saturated rings. The van der Waals surface area contributed by atoms with Crippen LogP contribution in [-0.2, 0) is 0 Å². The summed E-state index contributed by atoms with van der Waals surface area (Å²) in [4.78, 5) is 15.8. The molecule has 0 bridgehead atoms. The lowest BCUT2D eigenvalue weighted by Crippen LogP contribution is -2.01. The third-order valence-electron chi connectivity index (χ3n) is 3.36. The van der Waals surface area contributed by atoms with Crippen LogP contribution in [-0.4, -0.2) is 9.38 Å². The highest BCUT2D eigenvalue weighted by Crippen LogP contribution is 2.20. The van der Waals surface area contributed by atoms with Crippen molar-refractivity contribution >= 4 is 27.3 Å². The third-order valence-corrected chi connectivity index (χ3v) is 3.36. The van der Waals surface area contributed by atoms with Crippen LogP contribution in [0, 0.1) is 0 Å². The summed E-state index contributed by atoms with van der Waals surface area (Å²) in [5.41, 5.74) is 2.89. The van der Waals surface area contributed by atoms with Gasteiger partial charge in [-0.3, -0.25) is 4.79 Å². The predicted molar refractivity (Wildman–Crippen MR) is 73.0 cm³/mol. The lowest BCUT2D eigenvalue weighted by atomic mass is 10.1. The highest BCUT2D eigenvalue weighted by molar-refractivity contribution is 6.00. The average molecular weight is 234 g/mol. The van der Waals surface area contributed by atoms with Gasteiger partial charge in [-0.1, -0.05) is 18.2 Å². The summed E-state index contributed by atoms with van der Waals surface area (Å²) in [6, 6.07) is 13.5. The van der Waals surface area contributed by atoms with Gasteiger partial charge < -0.3 is 9.38 Å². The summed E-state index contributed by atoms with van der Waals surface area (Å²) < 4.78 is 1.97. The van der Waals surface area contributed by atoms with Gasteiger partial charge in [0.05, 0.1) is 16.4 Å². The van der Waals surface area contributed by atoms with Gasteiger partial charge in [-0.25, -0.2) is 0 Å². The SMILES string of the molecule is O=c1c2ccccc2[nH]c2c1cn1ccccc21. The third kappa shape index (κ3) is 1.10. The van der Waals surface area contributed by atoms with Crippen molar-refractivity contribution in [3.8, 4) is 0 Å². The standard InChI is InChI=1S/C15H10N2O/c18-15-10-5-1-2-6-12(10)16-14-11(15)9-17-8-4-3-7-13(14)17/h1-9,16H. The molecule has 18 heavy (non-hydrogen) atoms. The molecule has 1 N–H and O–H groups in total. The Labute approximate surface area is 102 Å². The first-order valence-corrected chi connectivity index (χ1v) is 5.85. The van der Waals surface area contributed by atoms with E-state index in [1.807, 2.05) is 59.3 Å². The Kier molecular flexibility index (Phi) is 1.70. The Morgan fingerprint density at radius 3 is 2.72 bits per heavy atom. The maximum Gasteiger partial charge on any atom is 0.198 e. The molecular weight excluding hydrogens is 224 g/mol. The molecule has 4 rings (SSSR count). The van der Waals surface area contributed by atoms with Crippen LogP contribution in [0.25, 0.3) is 27.3 Å². The highest BCUT2D eigenvalue weighted by atomic mass is 16.1. The zero-order valence-corrected chi connectivity index (χ0v) is 9.55. The van der Waals surface area contributed by atoms with Gasteiger partial charge in [-0.2, -0.15) is 0 Å². The normalized spacial score (nSPS) is 11.6. The Balaban J connectivity index is 2.38. The first kappa shape index (κ1) is 9.48. The van der Waals surface area contributed by atoms with Crippen LogP contribution < -0.4 is 5.43 Å². The van der Waals surface area contributed by atoms with Crippen molar-refractivity contribution in [3.63, 3.8) is 0 Å². The topological polar surface area (TPSA) is 37.3 Å². The first-order chi connectivity index (χ1) is 8.84. The number of H-pyrrole nitrogens is 1. The van der Waals surface area contributed by atoms with Crippen molar-refractivity contribution in [2.45, 2.75) is 0 Å². The van der Waals surface area contributed by atoms with Gasteiger partial charge in [0.1, 0.15) is 0 Å². The fraction of sp³-hybridized carbons (Fsp3) is 0. The molecule has 0 atom stereocenters. The number of aromatic nitrogens is 2. The van der Waals surface area contributed by atoms with Gasteiger partial charge in [0.25, 0.3) is 0 Å². The number of benzene rings is 1. The number of fused-ring (bicyclic) bond motifs is 4. The number of nitrogens with zero attached hydrogens (tertiary/aromatic N) is 1. The molecule has 86 valence electrons. The molecule has 0 aliphatic rings. The van der Waals surface area contributed by atoms with Gasteiger partial charge in [0.2, 0.25) is 0 Å². The van der Waals surface area contributed by atoms with Crippen molar-refractivity contribution < 1.29 is 0 Å². The number of nitrogens with one attached hydrogen (secondary N) is 1. The van der Waals surface area contributed by atoms with Gasteiger partial charge in [-0.05, 0) is 24.3 Å². The molecule has 0 amide bonds. The number of para-hydroxylation sites is 1. The Bertz CT molecular complexity index is 947. The lowest BCUT2D eigenvalue weighted by molar-refractivity contribution is 1.21. The van der Waals surface area contributed by atoms with E-state index in [9.17, 15) is 4.79 Å². The monoisotopic (exact) mass is 234 g/mol. The Morgan fingerprint density at radius 2 is 1.78 bits per heavy atom. The van der Waals surface area contributed by atoms with Crippen molar-refractivity contribution in [1.82, 2.24) is 9.38 Å². The van der Waals surface area contributed by atoms with Crippen LogP contribution in [0.1, 0.15) is 0 Å². The quantitative estimate of drug-likeness (QED) is 0.499. The minimum Gasteiger partial charge on any atom is -0.353 e. The molecule has 0 unspecified atom stereocenters. The van der Waals surface area contributed by atoms with E-state index >= 15 is 0 Å². The summed E-state index contributed by atoms with van der Waals surface area (Å²) in [5, 5.41) is 1.47. The molecule has 3 heterocycles. The van der Waals surface area contributed by atoms with E-state index in [0.717, 1.165) is 27.3 Å². The van der Waals surface area contributed by atoms with Crippen molar-refractivity contribution in [2.24, 2.45) is 0 Å².